The van der Waals surface area contributed by atoms with Gasteiger partial charge in [0.05, 0.1) is 11.3 Å². The molecule has 2 rings (SSSR count). The highest BCUT2D eigenvalue weighted by molar-refractivity contribution is 6.64. The number of hydrogen-bond acceptors (Lipinski definition) is 1. The molecule has 0 aromatic heterocycles. The van der Waals surface area contributed by atoms with Crippen molar-refractivity contribution in [2.75, 3.05) is 0 Å². The first-order valence-electron chi connectivity index (χ1n) is 3.72. The van der Waals surface area contributed by atoms with Gasteiger partial charge in [-0.3, -0.25) is 4.79 Å². The second kappa shape index (κ2) is 2.49. The van der Waals surface area contributed by atoms with Crippen molar-refractivity contribution in [2.24, 2.45) is 17.8 Å². The molecular weight excluding hydrogens is 183 g/mol. The topological polar surface area (TPSA) is 17.1 Å². The van der Waals surface area contributed by atoms with Gasteiger partial charge in [0.1, 0.15) is 0 Å². The maximum atomic E-state index is 10.9. The third kappa shape index (κ3) is 1.02. The van der Waals surface area contributed by atoms with Crippen LogP contribution in [0, 0.1) is 17.8 Å². The summed E-state index contributed by atoms with van der Waals surface area (Å²) in [5.41, 5.74) is 0. The number of allylic oxidation sites excluding steroid dienone is 2. The van der Waals surface area contributed by atoms with Crippen molar-refractivity contribution in [3.8, 4) is 0 Å². The Bertz CT molecular complexity index is 224. The zero-order chi connectivity index (χ0) is 8.01. The fourth-order valence-corrected chi connectivity index (χ4v) is 2.91. The fraction of sp³-hybridized carbons (Fsp3) is 0.625. The second-order valence-electron chi connectivity index (χ2n) is 3.22. The molecule has 2 bridgehead atoms. The molecule has 0 spiro atoms. The van der Waals surface area contributed by atoms with Gasteiger partial charge in [0.15, 0.2) is 0 Å². The lowest BCUT2D eigenvalue weighted by atomic mass is 9.95. The van der Waals surface area contributed by atoms with Gasteiger partial charge in [0.25, 0.3) is 0 Å². The van der Waals surface area contributed by atoms with Crippen molar-refractivity contribution in [1.29, 1.82) is 0 Å². The van der Waals surface area contributed by atoms with Crippen LogP contribution in [0.2, 0.25) is 0 Å². The maximum Gasteiger partial charge on any atom is 0.226 e. The lowest BCUT2D eigenvalue weighted by Gasteiger charge is -2.18. The lowest BCUT2D eigenvalue weighted by molar-refractivity contribution is -0.115. The van der Waals surface area contributed by atoms with E-state index in [1.165, 1.54) is 0 Å². The highest BCUT2D eigenvalue weighted by atomic mass is 35.5. The molecule has 0 saturated heterocycles. The third-order valence-corrected chi connectivity index (χ3v) is 3.47. The van der Waals surface area contributed by atoms with Gasteiger partial charge in [0.2, 0.25) is 5.24 Å². The molecule has 2 aliphatic carbocycles. The minimum absolute atomic E-state index is 0.0602. The highest BCUT2D eigenvalue weighted by Gasteiger charge is 2.46. The van der Waals surface area contributed by atoms with Gasteiger partial charge in [-0.1, -0.05) is 12.2 Å². The van der Waals surface area contributed by atoms with Crippen molar-refractivity contribution in [3.63, 3.8) is 0 Å². The Morgan fingerprint density at radius 2 is 2.00 bits per heavy atom. The van der Waals surface area contributed by atoms with E-state index in [0.717, 1.165) is 6.42 Å². The van der Waals surface area contributed by atoms with Crippen molar-refractivity contribution < 1.29 is 4.79 Å². The first-order valence-corrected chi connectivity index (χ1v) is 4.53. The molecule has 60 valence electrons. The number of carbonyl (C=O) groups excluding carboxylic acids is 1. The Hall–Kier alpha value is -0.0100. The normalized spacial score (nSPS) is 46.7. The molecule has 3 heteroatoms. The van der Waals surface area contributed by atoms with Crippen LogP contribution in [0.4, 0.5) is 0 Å². The Kier molecular flexibility index (Phi) is 1.73. The average Bonchev–Trinajstić information content (AvgIpc) is 2.44. The molecule has 0 N–H and O–H groups in total. The van der Waals surface area contributed by atoms with Crippen LogP contribution in [0.3, 0.4) is 0 Å². The molecule has 1 saturated carbocycles. The van der Waals surface area contributed by atoms with Crippen LogP contribution in [0.1, 0.15) is 6.42 Å². The van der Waals surface area contributed by atoms with E-state index in [4.69, 9.17) is 23.2 Å². The molecule has 0 aliphatic heterocycles. The minimum atomic E-state index is -0.276. The number of fused-ring (bicyclic) bond motifs is 2. The Labute approximate surface area is 75.4 Å². The zero-order valence-electron chi connectivity index (χ0n) is 5.84. The summed E-state index contributed by atoms with van der Waals surface area (Å²) in [5, 5.41) is -0.336. The standard InChI is InChI=1S/C8H8Cl2O/c9-7-5-2-1-4(3-5)6(7)8(10)11/h1-2,4-7H,3H2. The van der Waals surface area contributed by atoms with E-state index in [2.05, 4.69) is 12.2 Å². The summed E-state index contributed by atoms with van der Waals surface area (Å²) in [6.07, 6.45) is 5.17. The number of halogens is 2. The monoisotopic (exact) mass is 190 g/mol. The van der Waals surface area contributed by atoms with Crippen molar-refractivity contribution in [1.82, 2.24) is 0 Å². The van der Waals surface area contributed by atoms with Gasteiger partial charge in [-0.15, -0.1) is 11.6 Å². The second-order valence-corrected chi connectivity index (χ2v) is 4.10. The van der Waals surface area contributed by atoms with Gasteiger partial charge in [-0.05, 0) is 29.9 Å². The molecule has 11 heavy (non-hydrogen) atoms. The predicted molar refractivity (Wildman–Crippen MR) is 44.7 cm³/mol. The van der Waals surface area contributed by atoms with Crippen molar-refractivity contribution in [2.45, 2.75) is 11.8 Å². The van der Waals surface area contributed by atoms with Crippen LogP contribution in [0.25, 0.3) is 0 Å². The third-order valence-electron chi connectivity index (χ3n) is 2.63. The molecule has 0 aromatic rings. The molecule has 0 aromatic carbocycles. The largest absolute Gasteiger partial charge is 0.281 e. The van der Waals surface area contributed by atoms with E-state index in [9.17, 15) is 4.79 Å². The lowest BCUT2D eigenvalue weighted by Crippen LogP contribution is -2.24. The molecule has 1 fully saturated rings. The van der Waals surface area contributed by atoms with Crippen molar-refractivity contribution >= 4 is 28.4 Å². The summed E-state index contributed by atoms with van der Waals surface area (Å²) in [5.74, 6) is 0.565. The molecule has 4 unspecified atom stereocenters. The van der Waals surface area contributed by atoms with Gasteiger partial charge >= 0.3 is 0 Å². The average molecular weight is 191 g/mol. The van der Waals surface area contributed by atoms with Crippen LogP contribution in [0.15, 0.2) is 12.2 Å². The quantitative estimate of drug-likeness (QED) is 0.352. The number of rotatable bonds is 1. The minimum Gasteiger partial charge on any atom is -0.281 e. The summed E-state index contributed by atoms with van der Waals surface area (Å²) >= 11 is 11.4. The molecule has 4 atom stereocenters. The molecule has 1 nitrogen and oxygen atoms in total. The summed E-state index contributed by atoms with van der Waals surface area (Å²) in [7, 11) is 0. The van der Waals surface area contributed by atoms with E-state index >= 15 is 0 Å². The molecular formula is C8H8Cl2O. The van der Waals surface area contributed by atoms with E-state index in [-0.39, 0.29) is 16.5 Å². The number of alkyl halides is 1. The summed E-state index contributed by atoms with van der Waals surface area (Å²) in [6.45, 7) is 0. The maximum absolute atomic E-state index is 10.9. The Balaban J connectivity index is 2.25. The van der Waals surface area contributed by atoms with Gasteiger partial charge in [-0.25, -0.2) is 0 Å². The Morgan fingerprint density at radius 3 is 2.36 bits per heavy atom. The summed E-state index contributed by atoms with van der Waals surface area (Å²) < 4.78 is 0. The van der Waals surface area contributed by atoms with Crippen LogP contribution in [0.5, 0.6) is 0 Å². The predicted octanol–water partition coefficient (Wildman–Crippen LogP) is 2.18. The smallest absolute Gasteiger partial charge is 0.226 e. The molecule has 2 aliphatic rings. The first kappa shape index (κ1) is 7.63. The number of hydrogen-bond donors (Lipinski definition) is 0. The van der Waals surface area contributed by atoms with Gasteiger partial charge in [-0.2, -0.15) is 0 Å². The molecule has 0 heterocycles. The van der Waals surface area contributed by atoms with Crippen LogP contribution < -0.4 is 0 Å². The summed E-state index contributed by atoms with van der Waals surface area (Å²) in [6, 6.07) is 0. The highest BCUT2D eigenvalue weighted by Crippen LogP contribution is 2.47. The van der Waals surface area contributed by atoms with Gasteiger partial charge in [0, 0.05) is 0 Å². The zero-order valence-corrected chi connectivity index (χ0v) is 7.35. The molecule has 0 amide bonds. The van der Waals surface area contributed by atoms with E-state index in [1.807, 2.05) is 0 Å². The molecule has 0 radical (unpaired) electrons. The Morgan fingerprint density at radius 1 is 1.36 bits per heavy atom. The summed E-state index contributed by atoms with van der Waals surface area (Å²) in [4.78, 5) is 10.9. The van der Waals surface area contributed by atoms with Crippen LogP contribution >= 0.6 is 23.2 Å². The van der Waals surface area contributed by atoms with E-state index in [0.29, 0.717) is 11.8 Å². The van der Waals surface area contributed by atoms with Crippen LogP contribution in [-0.4, -0.2) is 10.6 Å². The van der Waals surface area contributed by atoms with Crippen molar-refractivity contribution in [3.05, 3.63) is 12.2 Å². The fourth-order valence-electron chi connectivity index (χ4n) is 2.06. The van der Waals surface area contributed by atoms with Crippen LogP contribution in [-0.2, 0) is 4.79 Å². The SMILES string of the molecule is O=C(Cl)C1C2C=CC(C2)C1Cl. The van der Waals surface area contributed by atoms with Gasteiger partial charge < -0.3 is 0 Å². The van der Waals surface area contributed by atoms with E-state index < -0.39 is 0 Å². The van der Waals surface area contributed by atoms with E-state index in [1.54, 1.807) is 0 Å². The number of carbonyl (C=O) groups is 1. The first-order chi connectivity index (χ1) is 5.20.